The molecule has 2 N–H and O–H groups in total. The summed E-state index contributed by atoms with van der Waals surface area (Å²) in [7, 11) is 0. The normalized spacial score (nSPS) is 26.6. The fourth-order valence-electron chi connectivity index (χ4n) is 3.37. The number of amides is 1. The van der Waals surface area contributed by atoms with Gasteiger partial charge in [-0.15, -0.1) is 0 Å². The minimum absolute atomic E-state index is 0.0669. The zero-order valence-electron chi connectivity index (χ0n) is 11.7. The van der Waals surface area contributed by atoms with Crippen LogP contribution in [-0.2, 0) is 9.59 Å². The second kappa shape index (κ2) is 6.88. The van der Waals surface area contributed by atoms with Crippen molar-refractivity contribution in [3.8, 4) is 0 Å². The van der Waals surface area contributed by atoms with Crippen molar-refractivity contribution in [1.29, 1.82) is 0 Å². The molecule has 20 heavy (non-hydrogen) atoms. The molecule has 2 aliphatic carbocycles. The number of aliphatic hydroxyl groups excluding tert-OH is 1. The summed E-state index contributed by atoms with van der Waals surface area (Å²) in [5.74, 6) is -2.11. The summed E-state index contributed by atoms with van der Waals surface area (Å²) >= 11 is 0. The Balaban J connectivity index is 2.12. The van der Waals surface area contributed by atoms with Crippen molar-refractivity contribution in [2.24, 2.45) is 11.8 Å². The molecule has 0 saturated heterocycles. The standard InChI is InChI=1S/C15H23NO4/c17-10-9-16(11-5-1-2-6-11)14(18)12-7-3-4-8-13(12)15(19)20/h3-4,11-13,17H,1-2,5-10H2,(H,19,20). The number of aliphatic carboxylic acids is 1. The second-order valence-corrected chi connectivity index (χ2v) is 5.69. The Kier molecular flexibility index (Phi) is 5.17. The predicted molar refractivity (Wildman–Crippen MR) is 74.0 cm³/mol. The lowest BCUT2D eigenvalue weighted by atomic mass is 9.82. The maximum absolute atomic E-state index is 12.7. The van der Waals surface area contributed by atoms with Gasteiger partial charge >= 0.3 is 5.97 Å². The molecule has 0 aromatic rings. The van der Waals surface area contributed by atoms with Crippen LogP contribution in [0.4, 0.5) is 0 Å². The molecule has 2 aliphatic rings. The van der Waals surface area contributed by atoms with Gasteiger partial charge in [-0.25, -0.2) is 0 Å². The Morgan fingerprint density at radius 3 is 2.25 bits per heavy atom. The molecule has 0 bridgehead atoms. The van der Waals surface area contributed by atoms with Gasteiger partial charge in [0.15, 0.2) is 0 Å². The number of carbonyl (C=O) groups is 2. The van der Waals surface area contributed by atoms with Crippen LogP contribution in [0.1, 0.15) is 38.5 Å². The second-order valence-electron chi connectivity index (χ2n) is 5.69. The highest BCUT2D eigenvalue weighted by molar-refractivity contribution is 5.85. The molecule has 5 nitrogen and oxygen atoms in total. The van der Waals surface area contributed by atoms with Crippen LogP contribution in [0, 0.1) is 11.8 Å². The van der Waals surface area contributed by atoms with Gasteiger partial charge in [0.2, 0.25) is 5.91 Å². The molecule has 5 heteroatoms. The maximum Gasteiger partial charge on any atom is 0.307 e. The van der Waals surface area contributed by atoms with Crippen LogP contribution in [0.5, 0.6) is 0 Å². The highest BCUT2D eigenvalue weighted by Gasteiger charge is 2.38. The first-order chi connectivity index (χ1) is 9.65. The van der Waals surface area contributed by atoms with E-state index >= 15 is 0 Å². The number of carboxylic acid groups (broad SMARTS) is 1. The molecule has 0 heterocycles. The van der Waals surface area contributed by atoms with Crippen LogP contribution in [0.25, 0.3) is 0 Å². The van der Waals surface area contributed by atoms with Gasteiger partial charge in [0, 0.05) is 12.6 Å². The van der Waals surface area contributed by atoms with E-state index in [-0.39, 0.29) is 18.6 Å². The van der Waals surface area contributed by atoms with Crippen LogP contribution in [-0.4, -0.2) is 46.2 Å². The highest BCUT2D eigenvalue weighted by Crippen LogP contribution is 2.31. The lowest BCUT2D eigenvalue weighted by molar-refractivity contribution is -0.151. The Labute approximate surface area is 119 Å². The highest BCUT2D eigenvalue weighted by atomic mass is 16.4. The molecule has 0 radical (unpaired) electrons. The number of hydrogen-bond donors (Lipinski definition) is 2. The summed E-state index contributed by atoms with van der Waals surface area (Å²) in [6.07, 6.45) is 8.79. The van der Waals surface area contributed by atoms with Crippen molar-refractivity contribution < 1.29 is 19.8 Å². The fraction of sp³-hybridized carbons (Fsp3) is 0.733. The summed E-state index contributed by atoms with van der Waals surface area (Å²) in [6.45, 7) is 0.249. The van der Waals surface area contributed by atoms with E-state index in [1.54, 1.807) is 4.90 Å². The zero-order valence-corrected chi connectivity index (χ0v) is 11.7. The van der Waals surface area contributed by atoms with E-state index in [9.17, 15) is 19.8 Å². The topological polar surface area (TPSA) is 77.8 Å². The smallest absolute Gasteiger partial charge is 0.307 e. The van der Waals surface area contributed by atoms with Crippen LogP contribution in [0.2, 0.25) is 0 Å². The van der Waals surface area contributed by atoms with E-state index in [1.165, 1.54) is 0 Å². The molecule has 1 amide bonds. The summed E-state index contributed by atoms with van der Waals surface area (Å²) < 4.78 is 0. The summed E-state index contributed by atoms with van der Waals surface area (Å²) in [5.41, 5.74) is 0. The lowest BCUT2D eigenvalue weighted by Gasteiger charge is -2.34. The first-order valence-electron chi connectivity index (χ1n) is 7.44. The monoisotopic (exact) mass is 281 g/mol. The van der Waals surface area contributed by atoms with E-state index in [4.69, 9.17) is 0 Å². The molecule has 0 aliphatic heterocycles. The molecular formula is C15H23NO4. The molecule has 1 saturated carbocycles. The molecule has 2 rings (SSSR count). The van der Waals surface area contributed by atoms with E-state index in [0.717, 1.165) is 25.7 Å². The molecule has 1 fully saturated rings. The van der Waals surface area contributed by atoms with Crippen molar-refractivity contribution in [1.82, 2.24) is 4.90 Å². The lowest BCUT2D eigenvalue weighted by Crippen LogP contribution is -2.47. The number of hydrogen-bond acceptors (Lipinski definition) is 3. The van der Waals surface area contributed by atoms with E-state index < -0.39 is 17.8 Å². The number of allylic oxidation sites excluding steroid dienone is 2. The number of rotatable bonds is 5. The average molecular weight is 281 g/mol. The largest absolute Gasteiger partial charge is 0.481 e. The van der Waals surface area contributed by atoms with Gasteiger partial charge in [-0.1, -0.05) is 25.0 Å². The molecule has 2 atom stereocenters. The number of carbonyl (C=O) groups excluding carboxylic acids is 1. The fourth-order valence-corrected chi connectivity index (χ4v) is 3.37. The SMILES string of the molecule is O=C(O)C1CC=CCC1C(=O)N(CCO)C1CCCC1. The van der Waals surface area contributed by atoms with Crippen LogP contribution in [0.15, 0.2) is 12.2 Å². The van der Waals surface area contributed by atoms with Crippen LogP contribution >= 0.6 is 0 Å². The van der Waals surface area contributed by atoms with Crippen molar-refractivity contribution in [2.75, 3.05) is 13.2 Å². The van der Waals surface area contributed by atoms with Gasteiger partial charge in [0.25, 0.3) is 0 Å². The van der Waals surface area contributed by atoms with Gasteiger partial charge in [-0.2, -0.15) is 0 Å². The van der Waals surface area contributed by atoms with E-state index in [0.29, 0.717) is 19.4 Å². The van der Waals surface area contributed by atoms with Gasteiger partial charge in [0.1, 0.15) is 0 Å². The van der Waals surface area contributed by atoms with Crippen LogP contribution < -0.4 is 0 Å². The maximum atomic E-state index is 12.7. The van der Waals surface area contributed by atoms with E-state index in [1.807, 2.05) is 12.2 Å². The zero-order chi connectivity index (χ0) is 14.5. The Hall–Kier alpha value is -1.36. The summed E-state index contributed by atoms with van der Waals surface area (Å²) in [4.78, 5) is 25.8. The number of aliphatic hydroxyl groups is 1. The Bertz CT molecular complexity index is 387. The first kappa shape index (κ1) is 15.0. The van der Waals surface area contributed by atoms with Crippen molar-refractivity contribution in [3.63, 3.8) is 0 Å². The quantitative estimate of drug-likeness (QED) is 0.747. The third-order valence-corrected chi connectivity index (χ3v) is 4.46. The van der Waals surface area contributed by atoms with Gasteiger partial charge in [0.05, 0.1) is 18.4 Å². The number of carboxylic acids is 1. The first-order valence-corrected chi connectivity index (χ1v) is 7.44. The van der Waals surface area contributed by atoms with Crippen molar-refractivity contribution >= 4 is 11.9 Å². The Morgan fingerprint density at radius 1 is 1.10 bits per heavy atom. The van der Waals surface area contributed by atoms with E-state index in [2.05, 4.69) is 0 Å². The third kappa shape index (κ3) is 3.20. The Morgan fingerprint density at radius 2 is 1.70 bits per heavy atom. The van der Waals surface area contributed by atoms with Crippen LogP contribution in [0.3, 0.4) is 0 Å². The van der Waals surface area contributed by atoms with Crippen molar-refractivity contribution in [3.05, 3.63) is 12.2 Å². The molecule has 0 aromatic carbocycles. The van der Waals surface area contributed by atoms with Crippen molar-refractivity contribution in [2.45, 2.75) is 44.6 Å². The predicted octanol–water partition coefficient (Wildman–Crippen LogP) is 1.42. The summed E-state index contributed by atoms with van der Waals surface area (Å²) in [5, 5.41) is 18.5. The molecular weight excluding hydrogens is 258 g/mol. The van der Waals surface area contributed by atoms with Gasteiger partial charge in [-0.05, 0) is 25.7 Å². The molecule has 2 unspecified atom stereocenters. The minimum Gasteiger partial charge on any atom is -0.481 e. The molecule has 0 aromatic heterocycles. The van der Waals surface area contributed by atoms with Gasteiger partial charge in [-0.3, -0.25) is 9.59 Å². The third-order valence-electron chi connectivity index (χ3n) is 4.46. The molecule has 112 valence electrons. The number of nitrogens with zero attached hydrogens (tertiary/aromatic N) is 1. The minimum atomic E-state index is -0.900. The molecule has 0 spiro atoms. The average Bonchev–Trinajstić information content (AvgIpc) is 2.98. The van der Waals surface area contributed by atoms with Gasteiger partial charge < -0.3 is 15.1 Å². The summed E-state index contributed by atoms with van der Waals surface area (Å²) in [6, 6.07) is 0.176.